The molecule has 1 heterocycles. The fraction of sp³-hybridized carbons (Fsp3) is 0.167. The summed E-state index contributed by atoms with van der Waals surface area (Å²) in [5.74, 6) is 0.606. The van der Waals surface area contributed by atoms with Gasteiger partial charge in [0, 0.05) is 19.9 Å². The van der Waals surface area contributed by atoms with Crippen LogP contribution in [0.1, 0.15) is 23.7 Å². The minimum Gasteiger partial charge on any atom is -0.423 e. The van der Waals surface area contributed by atoms with Gasteiger partial charge < -0.3 is 10.1 Å². The highest BCUT2D eigenvalue weighted by molar-refractivity contribution is 5.98. The van der Waals surface area contributed by atoms with Crippen LogP contribution < -0.4 is 15.1 Å². The Balaban J connectivity index is 1.65. The van der Waals surface area contributed by atoms with Gasteiger partial charge in [0.25, 0.3) is 0 Å². The average molecular weight is 323 g/mol. The second-order valence-electron chi connectivity index (χ2n) is 5.35. The lowest BCUT2D eigenvalue weighted by molar-refractivity contribution is -0.117. The van der Waals surface area contributed by atoms with E-state index in [0.717, 1.165) is 5.69 Å². The Bertz CT molecular complexity index is 770. The number of amides is 1. The molecule has 0 fully saturated rings. The monoisotopic (exact) mass is 323 g/mol. The van der Waals surface area contributed by atoms with Gasteiger partial charge in [-0.2, -0.15) is 5.10 Å². The van der Waals surface area contributed by atoms with Crippen molar-refractivity contribution in [3.05, 3.63) is 60.2 Å². The highest BCUT2D eigenvalue weighted by Crippen LogP contribution is 2.23. The minimum atomic E-state index is -0.393. The van der Waals surface area contributed by atoms with E-state index in [-0.39, 0.29) is 5.91 Å². The summed E-state index contributed by atoms with van der Waals surface area (Å²) in [7, 11) is 0. The summed E-state index contributed by atoms with van der Waals surface area (Å²) >= 11 is 0. The third-order valence-corrected chi connectivity index (χ3v) is 3.48. The first-order chi connectivity index (χ1) is 11.6. The van der Waals surface area contributed by atoms with Gasteiger partial charge in [0.1, 0.15) is 11.6 Å². The molecule has 1 aliphatic heterocycles. The first-order valence-corrected chi connectivity index (χ1v) is 7.62. The summed E-state index contributed by atoms with van der Waals surface area (Å²) < 4.78 is 5.34. The number of rotatable bonds is 3. The van der Waals surface area contributed by atoms with Crippen LogP contribution in [-0.4, -0.2) is 24.3 Å². The molecule has 0 spiro atoms. The van der Waals surface area contributed by atoms with E-state index in [4.69, 9.17) is 4.74 Å². The lowest BCUT2D eigenvalue weighted by atomic mass is 10.2. The molecule has 1 N–H and O–H groups in total. The number of ether oxygens (including phenoxy) is 1. The van der Waals surface area contributed by atoms with E-state index < -0.39 is 5.97 Å². The lowest BCUT2D eigenvalue weighted by Gasteiger charge is -2.13. The van der Waals surface area contributed by atoms with Gasteiger partial charge in [0.2, 0.25) is 5.91 Å². The number of nitrogens with zero attached hydrogens (tertiary/aromatic N) is 2. The molecule has 1 amide bonds. The normalized spacial score (nSPS) is 13.4. The largest absolute Gasteiger partial charge is 0.423 e. The average Bonchev–Trinajstić information content (AvgIpc) is 3.04. The van der Waals surface area contributed by atoms with Crippen molar-refractivity contribution in [1.82, 2.24) is 5.32 Å². The van der Waals surface area contributed by atoms with Gasteiger partial charge in [-0.15, -0.1) is 0 Å². The molecule has 2 aromatic rings. The van der Waals surface area contributed by atoms with E-state index in [2.05, 4.69) is 10.4 Å². The summed E-state index contributed by atoms with van der Waals surface area (Å²) in [5.41, 5.74) is 1.38. The fourth-order valence-electron chi connectivity index (χ4n) is 2.36. The van der Waals surface area contributed by atoms with Crippen LogP contribution >= 0.6 is 0 Å². The van der Waals surface area contributed by atoms with Crippen LogP contribution in [0.2, 0.25) is 0 Å². The molecule has 0 aliphatic carbocycles. The van der Waals surface area contributed by atoms with Crippen LogP contribution in [0, 0.1) is 0 Å². The molecule has 0 saturated heterocycles. The van der Waals surface area contributed by atoms with Gasteiger partial charge in [-0.25, -0.2) is 4.79 Å². The van der Waals surface area contributed by atoms with Crippen molar-refractivity contribution >= 4 is 23.4 Å². The Morgan fingerprint density at radius 2 is 1.79 bits per heavy atom. The highest BCUT2D eigenvalue weighted by atomic mass is 16.5. The molecule has 1 aliphatic rings. The summed E-state index contributed by atoms with van der Waals surface area (Å²) in [6.07, 6.45) is 0.685. The molecule has 0 radical (unpaired) electrons. The molecular formula is C18H17N3O3. The van der Waals surface area contributed by atoms with E-state index in [1.54, 1.807) is 41.4 Å². The number of nitrogens with one attached hydrogen (secondary N) is 1. The Hall–Kier alpha value is -3.15. The quantitative estimate of drug-likeness (QED) is 0.696. The van der Waals surface area contributed by atoms with Crippen LogP contribution in [0.4, 0.5) is 5.69 Å². The summed E-state index contributed by atoms with van der Waals surface area (Å²) in [4.78, 5) is 23.1. The van der Waals surface area contributed by atoms with Crippen LogP contribution in [0.15, 0.2) is 59.7 Å². The second-order valence-corrected chi connectivity index (χ2v) is 5.35. The maximum atomic E-state index is 12.0. The zero-order chi connectivity index (χ0) is 16.9. The molecule has 0 atom stereocenters. The van der Waals surface area contributed by atoms with E-state index in [1.165, 1.54) is 6.92 Å². The maximum Gasteiger partial charge on any atom is 0.343 e. The number of benzene rings is 2. The number of hydrogen-bond acceptors (Lipinski definition) is 5. The standard InChI is InChI=1S/C18H17N3O3/c1-13(22)19-17-11-12-21(20-17)15-7-9-16(10-8-15)24-18(23)14-5-3-2-4-6-14/h2-10H,11-12H2,1H3,(H,19,20,22). The Labute approximate surface area is 139 Å². The van der Waals surface area contributed by atoms with Crippen molar-refractivity contribution in [2.75, 3.05) is 11.6 Å². The third-order valence-electron chi connectivity index (χ3n) is 3.48. The van der Waals surface area contributed by atoms with Gasteiger partial charge in [-0.3, -0.25) is 9.80 Å². The number of carbonyl (C=O) groups is 2. The van der Waals surface area contributed by atoms with Crippen molar-refractivity contribution in [3.63, 3.8) is 0 Å². The first kappa shape index (κ1) is 15.7. The van der Waals surface area contributed by atoms with Gasteiger partial charge in [0.05, 0.1) is 11.3 Å². The Morgan fingerprint density at radius 3 is 2.46 bits per heavy atom. The topological polar surface area (TPSA) is 71.0 Å². The number of hydrazone groups is 1. The van der Waals surface area contributed by atoms with E-state index >= 15 is 0 Å². The SMILES string of the molecule is CC(=O)NC1=NN(c2ccc(OC(=O)c3ccccc3)cc2)CC1. The van der Waals surface area contributed by atoms with Crippen LogP contribution in [0.25, 0.3) is 0 Å². The van der Waals surface area contributed by atoms with E-state index in [1.807, 2.05) is 18.2 Å². The van der Waals surface area contributed by atoms with Crippen molar-refractivity contribution < 1.29 is 14.3 Å². The van der Waals surface area contributed by atoms with Crippen molar-refractivity contribution in [1.29, 1.82) is 0 Å². The van der Waals surface area contributed by atoms with Crippen molar-refractivity contribution in [2.24, 2.45) is 5.10 Å². The number of hydrogen-bond donors (Lipinski definition) is 1. The van der Waals surface area contributed by atoms with Gasteiger partial charge in [-0.05, 0) is 36.4 Å². The van der Waals surface area contributed by atoms with Gasteiger partial charge >= 0.3 is 5.97 Å². The van der Waals surface area contributed by atoms with Gasteiger partial charge in [0.15, 0.2) is 0 Å². The van der Waals surface area contributed by atoms with Gasteiger partial charge in [-0.1, -0.05) is 18.2 Å². The molecule has 6 nitrogen and oxygen atoms in total. The number of esters is 1. The van der Waals surface area contributed by atoms with Crippen LogP contribution in [0.5, 0.6) is 5.75 Å². The maximum absolute atomic E-state index is 12.0. The summed E-state index contributed by atoms with van der Waals surface area (Å²) in [5, 5.41) is 8.84. The molecule has 2 aromatic carbocycles. The Morgan fingerprint density at radius 1 is 1.08 bits per heavy atom. The van der Waals surface area contributed by atoms with Crippen molar-refractivity contribution in [2.45, 2.75) is 13.3 Å². The molecule has 122 valence electrons. The van der Waals surface area contributed by atoms with Crippen LogP contribution in [-0.2, 0) is 4.79 Å². The lowest BCUT2D eigenvalue weighted by Crippen LogP contribution is -2.26. The van der Waals surface area contributed by atoms with Crippen molar-refractivity contribution in [3.8, 4) is 5.75 Å². The predicted molar refractivity (Wildman–Crippen MR) is 91.1 cm³/mol. The molecule has 0 bridgehead atoms. The number of amidine groups is 1. The van der Waals surface area contributed by atoms with E-state index in [9.17, 15) is 9.59 Å². The smallest absolute Gasteiger partial charge is 0.343 e. The number of anilines is 1. The molecule has 0 saturated carbocycles. The minimum absolute atomic E-state index is 0.126. The summed E-state index contributed by atoms with van der Waals surface area (Å²) in [6.45, 7) is 2.15. The molecule has 0 aromatic heterocycles. The third kappa shape index (κ3) is 3.78. The molecule has 0 unspecified atom stereocenters. The number of carbonyl (C=O) groups excluding carboxylic acids is 2. The second kappa shape index (κ2) is 6.95. The highest BCUT2D eigenvalue weighted by Gasteiger charge is 2.17. The summed E-state index contributed by atoms with van der Waals surface area (Å²) in [6, 6.07) is 15.9. The first-order valence-electron chi connectivity index (χ1n) is 7.62. The van der Waals surface area contributed by atoms with Crippen LogP contribution in [0.3, 0.4) is 0 Å². The zero-order valence-corrected chi connectivity index (χ0v) is 13.2. The molecule has 24 heavy (non-hydrogen) atoms. The Kier molecular flexibility index (Phi) is 4.56. The molecule has 6 heteroatoms. The fourth-order valence-corrected chi connectivity index (χ4v) is 2.36. The molecular weight excluding hydrogens is 306 g/mol. The predicted octanol–water partition coefficient (Wildman–Crippen LogP) is 2.57. The van der Waals surface area contributed by atoms with E-state index in [0.29, 0.717) is 30.1 Å². The molecule has 3 rings (SSSR count). The zero-order valence-electron chi connectivity index (χ0n) is 13.2.